The normalized spacial score (nSPS) is 17.4. The molecule has 48 valence electrons. The fourth-order valence-electron chi connectivity index (χ4n) is 0.206. The van der Waals surface area contributed by atoms with E-state index in [1.54, 1.807) is 0 Å². The van der Waals surface area contributed by atoms with Crippen LogP contribution in [0.5, 0.6) is 0 Å². The number of aliphatic hydroxyl groups is 1. The van der Waals surface area contributed by atoms with Crippen LogP contribution in [0.3, 0.4) is 0 Å². The molecule has 0 aliphatic carbocycles. The molecule has 0 aliphatic heterocycles. The lowest BCUT2D eigenvalue weighted by Gasteiger charge is -2.06. The molecule has 0 aromatic heterocycles. The number of carboxylic acids is 1. The third kappa shape index (κ3) is 1.90. The van der Waals surface area contributed by atoms with Crippen molar-refractivity contribution in [1.29, 1.82) is 0 Å². The number of nitrogens with two attached hydrogens (primary N) is 1. The van der Waals surface area contributed by atoms with Gasteiger partial charge in [-0.1, -0.05) is 0 Å². The van der Waals surface area contributed by atoms with E-state index in [1.165, 1.54) is 6.92 Å². The van der Waals surface area contributed by atoms with Gasteiger partial charge in [-0.3, -0.25) is 4.79 Å². The van der Waals surface area contributed by atoms with Crippen LogP contribution in [0.25, 0.3) is 0 Å². The van der Waals surface area contributed by atoms with Crippen LogP contribution in [0.2, 0.25) is 0 Å². The van der Waals surface area contributed by atoms with Crippen molar-refractivity contribution in [2.75, 3.05) is 0 Å². The SMILES string of the molecule is [13CH3][C@@H](O)[C@H](N)C(=O)O. The lowest BCUT2D eigenvalue weighted by atomic mass is 10.3. The molecule has 0 fully saturated rings. The minimum atomic E-state index is -1.18. The van der Waals surface area contributed by atoms with Crippen molar-refractivity contribution in [3.8, 4) is 0 Å². The van der Waals surface area contributed by atoms with Crippen molar-refractivity contribution in [1.82, 2.24) is 0 Å². The summed E-state index contributed by atoms with van der Waals surface area (Å²) in [6.07, 6.45) is -0.979. The van der Waals surface area contributed by atoms with Gasteiger partial charge in [0, 0.05) is 0 Å². The highest BCUT2D eigenvalue weighted by molar-refractivity contribution is 5.73. The molecule has 0 aliphatic rings. The maximum atomic E-state index is 9.86. The number of aliphatic carboxylic acids is 1. The highest BCUT2D eigenvalue weighted by Gasteiger charge is 2.16. The molecule has 2 atom stereocenters. The van der Waals surface area contributed by atoms with E-state index in [2.05, 4.69) is 0 Å². The first kappa shape index (κ1) is 7.39. The summed E-state index contributed by atoms with van der Waals surface area (Å²) < 4.78 is 0. The van der Waals surface area contributed by atoms with Gasteiger partial charge >= 0.3 is 5.97 Å². The molecule has 0 heterocycles. The third-order valence-electron chi connectivity index (χ3n) is 0.805. The fraction of sp³-hybridized carbons (Fsp3) is 0.750. The van der Waals surface area contributed by atoms with Gasteiger partial charge in [-0.25, -0.2) is 0 Å². The van der Waals surface area contributed by atoms with Gasteiger partial charge in [-0.15, -0.1) is 0 Å². The zero-order chi connectivity index (χ0) is 6.73. The van der Waals surface area contributed by atoms with Gasteiger partial charge < -0.3 is 15.9 Å². The van der Waals surface area contributed by atoms with Crippen LogP contribution in [0.1, 0.15) is 6.92 Å². The Kier molecular flexibility index (Phi) is 2.44. The second-order valence-electron chi connectivity index (χ2n) is 1.60. The number of hydrogen-bond donors (Lipinski definition) is 3. The zero-order valence-corrected chi connectivity index (χ0v) is 4.53. The molecule has 0 amide bonds. The summed E-state index contributed by atoms with van der Waals surface area (Å²) in [5.74, 6) is -1.18. The molecule has 0 saturated heterocycles. The van der Waals surface area contributed by atoms with Gasteiger partial charge in [0.2, 0.25) is 0 Å². The Morgan fingerprint density at radius 3 is 2.12 bits per heavy atom. The summed E-state index contributed by atoms with van der Waals surface area (Å²) in [5.41, 5.74) is 4.91. The van der Waals surface area contributed by atoms with E-state index < -0.39 is 18.1 Å². The molecular formula is C4H9NO3. The van der Waals surface area contributed by atoms with Crippen LogP contribution < -0.4 is 5.73 Å². The smallest absolute Gasteiger partial charge is 0.323 e. The fourth-order valence-corrected chi connectivity index (χ4v) is 0.206. The van der Waals surface area contributed by atoms with Crippen LogP contribution in [0.4, 0.5) is 0 Å². The number of hydrogen-bond acceptors (Lipinski definition) is 3. The second kappa shape index (κ2) is 2.64. The van der Waals surface area contributed by atoms with Crippen molar-refractivity contribution < 1.29 is 15.0 Å². The molecule has 4 N–H and O–H groups in total. The van der Waals surface area contributed by atoms with Crippen molar-refractivity contribution in [2.45, 2.75) is 19.1 Å². The van der Waals surface area contributed by atoms with Gasteiger partial charge in [0.1, 0.15) is 6.04 Å². The lowest BCUT2D eigenvalue weighted by Crippen LogP contribution is -2.39. The van der Waals surface area contributed by atoms with Crippen LogP contribution >= 0.6 is 0 Å². The summed E-state index contributed by atoms with van der Waals surface area (Å²) >= 11 is 0. The summed E-state index contributed by atoms with van der Waals surface area (Å²) in [4.78, 5) is 9.86. The number of aliphatic hydroxyl groups excluding tert-OH is 1. The van der Waals surface area contributed by atoms with Crippen molar-refractivity contribution in [3.63, 3.8) is 0 Å². The number of rotatable bonds is 2. The Labute approximate surface area is 46.9 Å². The number of carboxylic acid groups (broad SMARTS) is 1. The molecule has 0 radical (unpaired) electrons. The molecule has 0 spiro atoms. The molecule has 0 aromatic rings. The molecule has 0 saturated carbocycles. The monoisotopic (exact) mass is 120 g/mol. The highest BCUT2D eigenvalue weighted by atomic mass is 16.4. The van der Waals surface area contributed by atoms with Crippen molar-refractivity contribution >= 4 is 5.97 Å². The van der Waals surface area contributed by atoms with Crippen LogP contribution in [-0.2, 0) is 4.79 Å². The van der Waals surface area contributed by atoms with E-state index in [4.69, 9.17) is 15.9 Å². The second-order valence-corrected chi connectivity index (χ2v) is 1.60. The first-order valence-corrected chi connectivity index (χ1v) is 2.22. The van der Waals surface area contributed by atoms with E-state index >= 15 is 0 Å². The molecule has 4 heteroatoms. The minimum absolute atomic E-state index is 0.979. The molecule has 0 aromatic carbocycles. The molecular weight excluding hydrogens is 111 g/mol. The topological polar surface area (TPSA) is 83.5 Å². The van der Waals surface area contributed by atoms with Gasteiger partial charge in [0.15, 0.2) is 0 Å². The Morgan fingerprint density at radius 1 is 1.75 bits per heavy atom. The van der Waals surface area contributed by atoms with Crippen molar-refractivity contribution in [3.05, 3.63) is 0 Å². The average molecular weight is 120 g/mol. The predicted octanol–water partition coefficient (Wildman–Crippen LogP) is -1.22. The first-order valence-electron chi connectivity index (χ1n) is 2.22. The molecule has 0 unspecified atom stereocenters. The van der Waals surface area contributed by atoms with Gasteiger partial charge in [-0.2, -0.15) is 0 Å². The van der Waals surface area contributed by atoms with Gasteiger partial charge in [-0.05, 0) is 6.92 Å². The first-order chi connectivity index (χ1) is 3.55. The van der Waals surface area contributed by atoms with E-state index in [0.29, 0.717) is 0 Å². The zero-order valence-electron chi connectivity index (χ0n) is 4.53. The summed E-state index contributed by atoms with van der Waals surface area (Å²) in [7, 11) is 0. The maximum absolute atomic E-state index is 9.86. The van der Waals surface area contributed by atoms with Gasteiger partial charge in [0.05, 0.1) is 6.10 Å². The van der Waals surface area contributed by atoms with Crippen molar-refractivity contribution in [2.24, 2.45) is 5.73 Å². The Morgan fingerprint density at radius 2 is 2.12 bits per heavy atom. The molecule has 0 bridgehead atoms. The van der Waals surface area contributed by atoms with Crippen LogP contribution in [0.15, 0.2) is 0 Å². The van der Waals surface area contributed by atoms with E-state index in [9.17, 15) is 4.79 Å². The summed E-state index contributed by atoms with van der Waals surface area (Å²) in [5, 5.41) is 16.6. The molecule has 8 heavy (non-hydrogen) atoms. The summed E-state index contributed by atoms with van der Waals surface area (Å²) in [6.45, 7) is 1.33. The van der Waals surface area contributed by atoms with Crippen LogP contribution in [0, 0.1) is 0 Å². The van der Waals surface area contributed by atoms with E-state index in [0.717, 1.165) is 0 Å². The predicted molar refractivity (Wildman–Crippen MR) is 27.3 cm³/mol. The van der Waals surface area contributed by atoms with Crippen LogP contribution in [-0.4, -0.2) is 28.3 Å². The quantitative estimate of drug-likeness (QED) is 0.399. The third-order valence-corrected chi connectivity index (χ3v) is 0.805. The summed E-state index contributed by atoms with van der Waals surface area (Å²) in [6, 6.07) is -1.16. The van der Waals surface area contributed by atoms with E-state index in [-0.39, 0.29) is 0 Å². The minimum Gasteiger partial charge on any atom is -0.480 e. The van der Waals surface area contributed by atoms with Gasteiger partial charge in [0.25, 0.3) is 0 Å². The number of carbonyl (C=O) groups is 1. The molecule has 4 nitrogen and oxygen atoms in total. The largest absolute Gasteiger partial charge is 0.480 e. The Bertz CT molecular complexity index is 91.3. The molecule has 0 rings (SSSR count). The lowest BCUT2D eigenvalue weighted by molar-refractivity contribution is -0.140. The standard InChI is InChI=1S/C4H9NO3/c1-2(6)3(5)4(7)8/h2-3,6H,5H2,1H3,(H,7,8)/t2-,3+/m1/s1/i1+1. The maximum Gasteiger partial charge on any atom is 0.323 e. The Balaban J connectivity index is 3.64. The highest BCUT2D eigenvalue weighted by Crippen LogP contribution is 1.85. The van der Waals surface area contributed by atoms with E-state index in [1.807, 2.05) is 0 Å². The Hall–Kier alpha value is -0.610. The average Bonchev–Trinajstić information content (AvgIpc) is 1.64.